The maximum Gasteiger partial charge on any atom is 0.424 e. The van der Waals surface area contributed by atoms with Gasteiger partial charge in [0.15, 0.2) is 0 Å². The third kappa shape index (κ3) is 4.99. The first-order valence-electron chi connectivity index (χ1n) is 8.32. The van der Waals surface area contributed by atoms with Gasteiger partial charge in [0.25, 0.3) is 5.69 Å². The van der Waals surface area contributed by atoms with Crippen LogP contribution in [0, 0.1) is 10.1 Å². The Balaban J connectivity index is 2.58. The Morgan fingerprint density at radius 2 is 1.77 bits per heavy atom. The van der Waals surface area contributed by atoms with Crippen molar-refractivity contribution in [1.29, 1.82) is 0 Å². The van der Waals surface area contributed by atoms with Gasteiger partial charge in [0.05, 0.1) is 12.0 Å². The summed E-state index contributed by atoms with van der Waals surface area (Å²) in [4.78, 5) is 26.6. The van der Waals surface area contributed by atoms with Crippen molar-refractivity contribution in [2.24, 2.45) is 5.90 Å². The van der Waals surface area contributed by atoms with Crippen molar-refractivity contribution in [3.8, 4) is 0 Å². The van der Waals surface area contributed by atoms with Crippen LogP contribution in [0.25, 0.3) is 5.57 Å². The van der Waals surface area contributed by atoms with E-state index >= 15 is 0 Å². The third-order valence-corrected chi connectivity index (χ3v) is 4.89. The molecule has 0 fully saturated rings. The predicted octanol–water partition coefficient (Wildman–Crippen LogP) is 5.44. The van der Waals surface area contributed by atoms with Gasteiger partial charge >= 0.3 is 12.1 Å². The molecule has 0 bridgehead atoms. The highest BCUT2D eigenvalue weighted by molar-refractivity contribution is 6.34. The number of alkyl halides is 3. The average Bonchev–Trinajstić information content (AvgIpc) is 2.68. The first-order chi connectivity index (χ1) is 14.4. The number of ether oxygens (including phenoxy) is 1. The zero-order valence-corrected chi connectivity index (χ0v) is 17.3. The van der Waals surface area contributed by atoms with Crippen molar-refractivity contribution in [2.75, 3.05) is 7.11 Å². The van der Waals surface area contributed by atoms with E-state index in [4.69, 9.17) is 29.1 Å². The van der Waals surface area contributed by atoms with Crippen LogP contribution in [-0.4, -0.2) is 24.2 Å². The topological polar surface area (TPSA) is 105 Å². The molecule has 2 aromatic rings. The second kappa shape index (κ2) is 9.23. The number of halogens is 5. The minimum absolute atomic E-state index is 0.0434. The van der Waals surface area contributed by atoms with E-state index in [1.54, 1.807) is 0 Å². The Bertz CT molecular complexity index is 1030. The highest BCUT2D eigenvalue weighted by Crippen LogP contribution is 2.48. The van der Waals surface area contributed by atoms with Crippen LogP contribution in [0.4, 0.5) is 18.9 Å². The molecule has 2 rings (SSSR count). The molecule has 12 heteroatoms. The number of methoxy groups -OCH3 is 1. The van der Waals surface area contributed by atoms with Gasteiger partial charge in [0.2, 0.25) is 5.60 Å². The number of nitro groups is 1. The SMILES string of the molecule is C=C(CC(ON)(c1cc(Cl)cc(Cl)c1)C(F)(F)F)c1ccc(C(=O)OC)c([N+](=O)[O-])c1. The molecule has 2 aromatic carbocycles. The first-order valence-corrected chi connectivity index (χ1v) is 9.08. The smallest absolute Gasteiger partial charge is 0.424 e. The molecular weight excluding hydrogens is 464 g/mol. The Kier molecular flexibility index (Phi) is 7.32. The number of esters is 1. The van der Waals surface area contributed by atoms with E-state index in [-0.39, 0.29) is 26.7 Å². The largest absolute Gasteiger partial charge is 0.465 e. The van der Waals surface area contributed by atoms with E-state index in [9.17, 15) is 28.1 Å². The number of nitrogens with zero attached hydrogens (tertiary/aromatic N) is 1. The van der Waals surface area contributed by atoms with Crippen LogP contribution >= 0.6 is 23.2 Å². The molecular formula is C19H15Cl2F3N2O5. The number of carbonyl (C=O) groups excluding carboxylic acids is 1. The molecule has 1 atom stereocenters. The van der Waals surface area contributed by atoms with Gasteiger partial charge in [0.1, 0.15) is 5.56 Å². The van der Waals surface area contributed by atoms with Crippen LogP contribution in [0.2, 0.25) is 10.0 Å². The van der Waals surface area contributed by atoms with Crippen LogP contribution in [0.5, 0.6) is 0 Å². The molecule has 1 unspecified atom stereocenters. The van der Waals surface area contributed by atoms with Crippen molar-refractivity contribution in [1.82, 2.24) is 0 Å². The van der Waals surface area contributed by atoms with Gasteiger partial charge in [-0.05, 0) is 41.0 Å². The number of hydrogen-bond acceptors (Lipinski definition) is 6. The minimum atomic E-state index is -5.05. The van der Waals surface area contributed by atoms with Gasteiger partial charge < -0.3 is 4.74 Å². The highest BCUT2D eigenvalue weighted by Gasteiger charge is 2.58. The molecule has 0 aliphatic heterocycles. The van der Waals surface area contributed by atoms with Gasteiger partial charge in [-0.1, -0.05) is 35.8 Å². The average molecular weight is 479 g/mol. The van der Waals surface area contributed by atoms with Crippen LogP contribution < -0.4 is 5.90 Å². The van der Waals surface area contributed by atoms with Crippen LogP contribution in [0.3, 0.4) is 0 Å². The lowest BCUT2D eigenvalue weighted by Crippen LogP contribution is -2.47. The summed E-state index contributed by atoms with van der Waals surface area (Å²) in [7, 11) is 1.03. The second-order valence-corrected chi connectivity index (χ2v) is 7.23. The lowest BCUT2D eigenvalue weighted by Gasteiger charge is -2.35. The van der Waals surface area contributed by atoms with Crippen molar-refractivity contribution in [2.45, 2.75) is 18.2 Å². The number of nitro benzene ring substituents is 1. The summed E-state index contributed by atoms with van der Waals surface area (Å²) in [6.45, 7) is 3.60. The van der Waals surface area contributed by atoms with Crippen LogP contribution in [0.15, 0.2) is 43.0 Å². The van der Waals surface area contributed by atoms with E-state index in [1.807, 2.05) is 0 Å². The molecule has 166 valence electrons. The Hall–Kier alpha value is -2.66. The zero-order valence-electron chi connectivity index (χ0n) is 15.8. The number of benzene rings is 2. The zero-order chi connectivity index (χ0) is 23.6. The van der Waals surface area contributed by atoms with Gasteiger partial charge in [0, 0.05) is 22.5 Å². The molecule has 31 heavy (non-hydrogen) atoms. The number of hydrogen-bond donors (Lipinski definition) is 1. The lowest BCUT2D eigenvalue weighted by molar-refractivity contribution is -0.385. The maximum absolute atomic E-state index is 14.1. The summed E-state index contributed by atoms with van der Waals surface area (Å²) in [6, 6.07) is 6.38. The summed E-state index contributed by atoms with van der Waals surface area (Å²) in [5.41, 5.74) is -4.88. The van der Waals surface area contributed by atoms with Gasteiger partial charge in [-0.25, -0.2) is 10.7 Å². The maximum atomic E-state index is 14.1. The monoisotopic (exact) mass is 478 g/mol. The Morgan fingerprint density at radius 1 is 1.19 bits per heavy atom. The molecule has 7 nitrogen and oxygen atoms in total. The summed E-state index contributed by atoms with van der Waals surface area (Å²) in [5.74, 6) is 4.12. The number of carbonyl (C=O) groups is 1. The Labute approximate surface area is 184 Å². The van der Waals surface area contributed by atoms with Crippen molar-refractivity contribution < 1.29 is 32.5 Å². The van der Waals surface area contributed by atoms with Crippen molar-refractivity contribution >= 4 is 40.4 Å². The van der Waals surface area contributed by atoms with Crippen molar-refractivity contribution in [3.05, 3.63) is 79.8 Å². The summed E-state index contributed by atoms with van der Waals surface area (Å²) in [6.07, 6.45) is -5.99. The fraction of sp³-hybridized carbons (Fsp3) is 0.211. The predicted molar refractivity (Wildman–Crippen MR) is 108 cm³/mol. The van der Waals surface area contributed by atoms with E-state index in [1.165, 1.54) is 12.1 Å². The summed E-state index contributed by atoms with van der Waals surface area (Å²) >= 11 is 11.7. The summed E-state index contributed by atoms with van der Waals surface area (Å²) in [5, 5.41) is 11.2. The molecule has 0 radical (unpaired) electrons. The molecule has 0 saturated heterocycles. The van der Waals surface area contributed by atoms with Gasteiger partial charge in [-0.15, -0.1) is 0 Å². The molecule has 0 spiro atoms. The van der Waals surface area contributed by atoms with E-state index < -0.39 is 40.3 Å². The fourth-order valence-corrected chi connectivity index (χ4v) is 3.44. The quantitative estimate of drug-likeness (QED) is 0.322. The van der Waals surface area contributed by atoms with Crippen molar-refractivity contribution in [3.63, 3.8) is 0 Å². The normalized spacial score (nSPS) is 13.4. The standard InChI is InChI=1S/C19H15Cl2F3N2O5/c1-10(11-3-4-15(17(27)30-2)16(5-11)26(28)29)9-18(31-25,19(22,23)24)12-6-13(20)8-14(21)7-12/h3-8H,1,9,25H2,2H3. The van der Waals surface area contributed by atoms with E-state index in [0.717, 1.165) is 31.4 Å². The highest BCUT2D eigenvalue weighted by atomic mass is 35.5. The van der Waals surface area contributed by atoms with E-state index in [2.05, 4.69) is 16.2 Å². The molecule has 0 aromatic heterocycles. The third-order valence-electron chi connectivity index (χ3n) is 4.46. The van der Waals surface area contributed by atoms with Gasteiger partial charge in [-0.3, -0.25) is 15.0 Å². The fourth-order valence-electron chi connectivity index (χ4n) is 2.92. The Morgan fingerprint density at radius 3 is 2.23 bits per heavy atom. The molecule has 0 aliphatic rings. The summed E-state index contributed by atoms with van der Waals surface area (Å²) < 4.78 is 46.8. The number of nitrogens with two attached hydrogens (primary N) is 1. The minimum Gasteiger partial charge on any atom is -0.465 e. The van der Waals surface area contributed by atoms with E-state index in [0.29, 0.717) is 0 Å². The molecule has 2 N–H and O–H groups in total. The van der Waals surface area contributed by atoms with Crippen LogP contribution in [0.1, 0.15) is 27.9 Å². The second-order valence-electron chi connectivity index (χ2n) is 6.36. The molecule has 0 amide bonds. The molecule has 0 saturated carbocycles. The van der Waals surface area contributed by atoms with Gasteiger partial charge in [-0.2, -0.15) is 13.2 Å². The van der Waals surface area contributed by atoms with Crippen LogP contribution in [-0.2, 0) is 15.2 Å². The lowest BCUT2D eigenvalue weighted by atomic mass is 9.84. The number of rotatable bonds is 7. The first kappa shape index (κ1) is 24.6. The molecule has 0 aliphatic carbocycles. The molecule has 0 heterocycles.